The van der Waals surface area contributed by atoms with E-state index in [1.807, 2.05) is 43.5 Å². The highest BCUT2D eigenvalue weighted by molar-refractivity contribution is 6.04. The first-order valence-electron chi connectivity index (χ1n) is 9.14. The molecule has 1 saturated heterocycles. The van der Waals surface area contributed by atoms with Gasteiger partial charge in [0.25, 0.3) is 5.91 Å². The Morgan fingerprint density at radius 2 is 2.26 bits per heavy atom. The van der Waals surface area contributed by atoms with Crippen LogP contribution in [0.1, 0.15) is 28.5 Å². The predicted molar refractivity (Wildman–Crippen MR) is 104 cm³/mol. The summed E-state index contributed by atoms with van der Waals surface area (Å²) in [5, 5.41) is 10.8. The quantitative estimate of drug-likeness (QED) is 0.742. The van der Waals surface area contributed by atoms with Crippen molar-refractivity contribution < 1.29 is 9.53 Å². The Morgan fingerprint density at radius 1 is 1.37 bits per heavy atom. The molecule has 0 saturated carbocycles. The number of carbonyl (C=O) groups excluding carboxylic acids is 1. The zero-order valence-electron chi connectivity index (χ0n) is 15.5. The number of pyridine rings is 1. The normalized spacial score (nSPS) is 17.3. The zero-order chi connectivity index (χ0) is 18.8. The first kappa shape index (κ1) is 17.5. The number of aromatic amines is 1. The van der Waals surface area contributed by atoms with Gasteiger partial charge < -0.3 is 15.0 Å². The molecule has 4 rings (SSSR count). The summed E-state index contributed by atoms with van der Waals surface area (Å²) in [4.78, 5) is 19.3. The van der Waals surface area contributed by atoms with Crippen LogP contribution in [-0.2, 0) is 11.3 Å². The molecule has 0 spiro atoms. The lowest BCUT2D eigenvalue weighted by Gasteiger charge is -2.32. The standard InChI is InChI=1S/C20H23N5O2/c1-13-3-5-17-16(9-13)19(24-23-17)20(26)22-11-15-4-6-18(21-10-15)25-7-8-27-14(2)12-25/h3-6,9-10,14H,7-8,11-12H2,1-2H3,(H,22,26)(H,23,24). The monoisotopic (exact) mass is 365 g/mol. The van der Waals surface area contributed by atoms with E-state index in [1.54, 1.807) is 0 Å². The van der Waals surface area contributed by atoms with Crippen LogP contribution in [0, 0.1) is 6.92 Å². The molecule has 2 aromatic heterocycles. The Bertz CT molecular complexity index is 951. The Balaban J connectivity index is 1.40. The van der Waals surface area contributed by atoms with Crippen molar-refractivity contribution in [2.24, 2.45) is 0 Å². The lowest BCUT2D eigenvalue weighted by Crippen LogP contribution is -2.41. The van der Waals surface area contributed by atoms with Gasteiger partial charge in [-0.2, -0.15) is 5.10 Å². The van der Waals surface area contributed by atoms with Crippen molar-refractivity contribution in [3.05, 3.63) is 53.3 Å². The number of benzene rings is 1. The Labute approximate surface area is 157 Å². The van der Waals surface area contributed by atoms with Crippen molar-refractivity contribution in [3.63, 3.8) is 0 Å². The van der Waals surface area contributed by atoms with Crippen molar-refractivity contribution in [2.75, 3.05) is 24.6 Å². The molecule has 27 heavy (non-hydrogen) atoms. The van der Waals surface area contributed by atoms with Gasteiger partial charge in [-0.25, -0.2) is 4.98 Å². The molecule has 1 fully saturated rings. The van der Waals surface area contributed by atoms with Crippen LogP contribution in [-0.4, -0.2) is 46.9 Å². The molecule has 1 aliphatic heterocycles. The average Bonchev–Trinajstić information content (AvgIpc) is 3.09. The van der Waals surface area contributed by atoms with E-state index in [0.29, 0.717) is 12.2 Å². The van der Waals surface area contributed by atoms with Gasteiger partial charge in [-0.05, 0) is 37.6 Å². The van der Waals surface area contributed by atoms with Crippen LogP contribution in [0.4, 0.5) is 5.82 Å². The number of morpholine rings is 1. The minimum Gasteiger partial charge on any atom is -0.375 e. The number of nitrogens with zero attached hydrogens (tertiary/aromatic N) is 3. The van der Waals surface area contributed by atoms with Crippen molar-refractivity contribution in [2.45, 2.75) is 26.5 Å². The van der Waals surface area contributed by atoms with E-state index in [4.69, 9.17) is 4.74 Å². The molecule has 3 aromatic rings. The summed E-state index contributed by atoms with van der Waals surface area (Å²) in [6.45, 7) is 6.88. The lowest BCUT2D eigenvalue weighted by molar-refractivity contribution is 0.0529. The smallest absolute Gasteiger partial charge is 0.272 e. The molecule has 140 valence electrons. The maximum absolute atomic E-state index is 12.5. The molecule has 7 heteroatoms. The minimum atomic E-state index is -0.196. The fourth-order valence-electron chi connectivity index (χ4n) is 3.30. The summed E-state index contributed by atoms with van der Waals surface area (Å²) in [5.74, 6) is 0.743. The van der Waals surface area contributed by atoms with Crippen LogP contribution >= 0.6 is 0 Å². The summed E-state index contributed by atoms with van der Waals surface area (Å²) in [6, 6.07) is 9.88. The van der Waals surface area contributed by atoms with E-state index in [2.05, 4.69) is 32.3 Å². The van der Waals surface area contributed by atoms with Gasteiger partial charge in [0.2, 0.25) is 0 Å². The number of hydrogen-bond acceptors (Lipinski definition) is 5. The summed E-state index contributed by atoms with van der Waals surface area (Å²) in [7, 11) is 0. The molecule has 0 aliphatic carbocycles. The number of hydrogen-bond donors (Lipinski definition) is 2. The minimum absolute atomic E-state index is 0.196. The number of carbonyl (C=O) groups is 1. The maximum atomic E-state index is 12.5. The molecule has 1 atom stereocenters. The SMILES string of the molecule is Cc1ccc2[nH]nc(C(=O)NCc3ccc(N4CCOC(C)C4)nc3)c2c1. The van der Waals surface area contributed by atoms with Gasteiger partial charge in [0.05, 0.1) is 18.2 Å². The van der Waals surface area contributed by atoms with Gasteiger partial charge >= 0.3 is 0 Å². The highest BCUT2D eigenvalue weighted by atomic mass is 16.5. The van der Waals surface area contributed by atoms with Crippen molar-refractivity contribution >= 4 is 22.6 Å². The Morgan fingerprint density at radius 3 is 3.04 bits per heavy atom. The van der Waals surface area contributed by atoms with Gasteiger partial charge in [0.15, 0.2) is 5.69 Å². The molecule has 7 nitrogen and oxygen atoms in total. The third-order valence-corrected chi connectivity index (χ3v) is 4.76. The van der Waals surface area contributed by atoms with Gasteiger partial charge in [-0.15, -0.1) is 0 Å². The van der Waals surface area contributed by atoms with Gasteiger partial charge in [-0.3, -0.25) is 9.89 Å². The first-order valence-corrected chi connectivity index (χ1v) is 9.14. The Kier molecular flexibility index (Phi) is 4.77. The second-order valence-corrected chi connectivity index (χ2v) is 6.96. The molecule has 1 unspecified atom stereocenters. The van der Waals surface area contributed by atoms with E-state index in [9.17, 15) is 4.79 Å². The number of ether oxygens (including phenoxy) is 1. The van der Waals surface area contributed by atoms with Crippen LogP contribution in [0.5, 0.6) is 0 Å². The number of anilines is 1. The van der Waals surface area contributed by atoms with Gasteiger partial charge in [-0.1, -0.05) is 17.7 Å². The molecule has 2 N–H and O–H groups in total. The average molecular weight is 365 g/mol. The van der Waals surface area contributed by atoms with Crippen molar-refractivity contribution in [1.82, 2.24) is 20.5 Å². The van der Waals surface area contributed by atoms with E-state index in [1.165, 1.54) is 0 Å². The highest BCUT2D eigenvalue weighted by Crippen LogP contribution is 2.18. The van der Waals surface area contributed by atoms with Crippen LogP contribution in [0.15, 0.2) is 36.5 Å². The number of fused-ring (bicyclic) bond motifs is 1. The number of rotatable bonds is 4. The maximum Gasteiger partial charge on any atom is 0.272 e. The number of H-pyrrole nitrogens is 1. The predicted octanol–water partition coefficient (Wildman–Crippen LogP) is 2.42. The number of aryl methyl sites for hydroxylation is 1. The molecule has 1 amide bonds. The summed E-state index contributed by atoms with van der Waals surface area (Å²) < 4.78 is 5.57. The topological polar surface area (TPSA) is 83.1 Å². The van der Waals surface area contributed by atoms with E-state index >= 15 is 0 Å². The van der Waals surface area contributed by atoms with E-state index in [-0.39, 0.29) is 12.0 Å². The number of amides is 1. The summed E-state index contributed by atoms with van der Waals surface area (Å²) >= 11 is 0. The second kappa shape index (κ2) is 7.36. The molecular weight excluding hydrogens is 342 g/mol. The second-order valence-electron chi connectivity index (χ2n) is 6.96. The summed E-state index contributed by atoms with van der Waals surface area (Å²) in [6.07, 6.45) is 2.02. The number of nitrogens with one attached hydrogen (secondary N) is 2. The summed E-state index contributed by atoms with van der Waals surface area (Å²) in [5.41, 5.74) is 3.32. The van der Waals surface area contributed by atoms with Crippen LogP contribution in [0.25, 0.3) is 10.9 Å². The van der Waals surface area contributed by atoms with Crippen molar-refractivity contribution in [1.29, 1.82) is 0 Å². The van der Waals surface area contributed by atoms with Crippen LogP contribution in [0.3, 0.4) is 0 Å². The van der Waals surface area contributed by atoms with Crippen LogP contribution < -0.4 is 10.2 Å². The van der Waals surface area contributed by atoms with E-state index < -0.39 is 0 Å². The highest BCUT2D eigenvalue weighted by Gasteiger charge is 2.18. The van der Waals surface area contributed by atoms with E-state index in [0.717, 1.165) is 47.5 Å². The van der Waals surface area contributed by atoms with Gasteiger partial charge in [0, 0.05) is 31.2 Å². The fraction of sp³-hybridized carbons (Fsp3) is 0.350. The van der Waals surface area contributed by atoms with Crippen LogP contribution in [0.2, 0.25) is 0 Å². The molecule has 3 heterocycles. The van der Waals surface area contributed by atoms with Crippen molar-refractivity contribution in [3.8, 4) is 0 Å². The molecular formula is C20H23N5O2. The van der Waals surface area contributed by atoms with Gasteiger partial charge in [0.1, 0.15) is 5.82 Å². The third-order valence-electron chi connectivity index (χ3n) is 4.76. The largest absolute Gasteiger partial charge is 0.375 e. The lowest BCUT2D eigenvalue weighted by atomic mass is 10.1. The zero-order valence-corrected chi connectivity index (χ0v) is 15.5. The molecule has 0 bridgehead atoms. The third kappa shape index (κ3) is 3.78. The fourth-order valence-corrected chi connectivity index (χ4v) is 3.30. The molecule has 0 radical (unpaired) electrons. The Hall–Kier alpha value is -2.93. The number of aromatic nitrogens is 3. The molecule has 1 aromatic carbocycles. The first-order chi connectivity index (χ1) is 13.1. The molecule has 1 aliphatic rings.